The van der Waals surface area contributed by atoms with Gasteiger partial charge in [-0.15, -0.1) is 0 Å². The van der Waals surface area contributed by atoms with Crippen LogP contribution in [-0.2, 0) is 21.7 Å². The van der Waals surface area contributed by atoms with Crippen molar-refractivity contribution in [2.45, 2.75) is 120 Å². The number of rotatable bonds is 0. The summed E-state index contributed by atoms with van der Waals surface area (Å²) in [6.07, 6.45) is 0. The molecule has 0 N–H and O–H groups in total. The molecule has 0 heteroatoms. The molecule has 0 saturated carbocycles. The van der Waals surface area contributed by atoms with Crippen LogP contribution in [0.3, 0.4) is 0 Å². The van der Waals surface area contributed by atoms with Gasteiger partial charge in [0.15, 0.2) is 0 Å². The summed E-state index contributed by atoms with van der Waals surface area (Å²) in [5.41, 5.74) is 6.68. The van der Waals surface area contributed by atoms with E-state index >= 15 is 0 Å². The Balaban J connectivity index is 0. The molecule has 0 aliphatic carbocycles. The normalized spacial score (nSPS) is 12.1. The molecule has 0 spiro atoms. The van der Waals surface area contributed by atoms with Crippen LogP contribution in [0.15, 0.2) is 48.5 Å². The topological polar surface area (TPSA) is 0 Å². The van der Waals surface area contributed by atoms with Crippen molar-refractivity contribution >= 4 is 0 Å². The third kappa shape index (κ3) is 9.50. The monoisotopic (exact) mass is 412 g/mol. The minimum atomic E-state index is 0. The maximum absolute atomic E-state index is 2.33. The molecule has 0 aliphatic rings. The lowest BCUT2D eigenvalue weighted by Crippen LogP contribution is -2.15. The van der Waals surface area contributed by atoms with Gasteiger partial charge in [-0.3, -0.25) is 0 Å². The molecule has 172 valence electrons. The molecule has 2 rings (SSSR count). The van der Waals surface area contributed by atoms with E-state index in [1.807, 2.05) is 0 Å². The van der Waals surface area contributed by atoms with E-state index in [-0.39, 0.29) is 36.5 Å². The van der Waals surface area contributed by atoms with E-state index in [1.165, 1.54) is 22.3 Å². The summed E-state index contributed by atoms with van der Waals surface area (Å²) in [4.78, 5) is 0. The van der Waals surface area contributed by atoms with E-state index in [0.29, 0.717) is 0 Å². The van der Waals surface area contributed by atoms with Crippen LogP contribution in [-0.4, -0.2) is 0 Å². The third-order valence-electron chi connectivity index (χ3n) is 5.21. The molecule has 0 saturated heterocycles. The predicted octanol–water partition coefficient (Wildman–Crippen LogP) is 9.84. The first kappa shape index (κ1) is 30.6. The van der Waals surface area contributed by atoms with Crippen LogP contribution in [0.25, 0.3) is 0 Å². The summed E-state index contributed by atoms with van der Waals surface area (Å²) < 4.78 is 0. The Morgan fingerprint density at radius 2 is 0.600 bits per heavy atom. The zero-order valence-corrected chi connectivity index (χ0v) is 20.6. The second kappa shape index (κ2) is 10.7. The molecule has 0 atom stereocenters. The average molecular weight is 413 g/mol. The predicted molar refractivity (Wildman–Crippen MR) is 141 cm³/mol. The third-order valence-corrected chi connectivity index (χ3v) is 5.21. The van der Waals surface area contributed by atoms with Gasteiger partial charge in [-0.05, 0) is 43.9 Å². The fraction of sp³-hybridized carbons (Fsp3) is 0.600. The van der Waals surface area contributed by atoms with E-state index < -0.39 is 0 Å². The molecule has 0 bridgehead atoms. The maximum Gasteiger partial charge on any atom is -0.0132 e. The smallest absolute Gasteiger partial charge is 0.0132 e. The molecule has 0 fully saturated rings. The Labute approximate surface area is 190 Å². The summed E-state index contributed by atoms with van der Waals surface area (Å²) in [5.74, 6) is 0. The molecule has 0 nitrogen and oxygen atoms in total. The highest BCUT2D eigenvalue weighted by Gasteiger charge is 2.18. The zero-order valence-electron chi connectivity index (χ0n) is 20.6. The van der Waals surface area contributed by atoms with Gasteiger partial charge < -0.3 is 0 Å². The average Bonchev–Trinajstić information content (AvgIpc) is 2.52. The van der Waals surface area contributed by atoms with Crippen LogP contribution in [0, 0.1) is 0 Å². The fourth-order valence-corrected chi connectivity index (χ4v) is 2.92. The molecule has 2 aromatic rings. The first-order valence-electron chi connectivity index (χ1n) is 10.6. The highest BCUT2D eigenvalue weighted by molar-refractivity contribution is 5.32. The second-order valence-corrected chi connectivity index (χ2v) is 12.2. The molecule has 0 amide bonds. The van der Waals surface area contributed by atoms with Gasteiger partial charge in [0.25, 0.3) is 0 Å². The second-order valence-electron chi connectivity index (χ2n) is 12.2. The molecular formula is C30H52. The molecule has 30 heavy (non-hydrogen) atoms. The highest BCUT2D eigenvalue weighted by atomic mass is 14.2. The summed E-state index contributed by atoms with van der Waals surface area (Å²) in [7, 11) is 0. The van der Waals surface area contributed by atoms with Crippen LogP contribution in [0.5, 0.6) is 0 Å². The lowest BCUT2D eigenvalue weighted by molar-refractivity contribution is 0.568. The van der Waals surface area contributed by atoms with Crippen molar-refractivity contribution in [3.8, 4) is 0 Å². The van der Waals surface area contributed by atoms with Gasteiger partial charge in [-0.2, -0.15) is 0 Å². The van der Waals surface area contributed by atoms with Crippen molar-refractivity contribution < 1.29 is 0 Å². The quantitative estimate of drug-likeness (QED) is 0.404. The van der Waals surface area contributed by atoms with Crippen LogP contribution in [0.1, 0.15) is 120 Å². The number of hydrogen-bond donors (Lipinski definition) is 0. The Kier molecular flexibility index (Phi) is 10.9. The fourth-order valence-electron chi connectivity index (χ4n) is 2.92. The van der Waals surface area contributed by atoms with E-state index in [1.54, 1.807) is 0 Å². The van der Waals surface area contributed by atoms with Crippen molar-refractivity contribution in [2.75, 3.05) is 0 Å². The molecule has 0 unspecified atom stereocenters. The lowest BCUT2D eigenvalue weighted by Gasteiger charge is -2.24. The van der Waals surface area contributed by atoms with Gasteiger partial charge in [0, 0.05) is 0 Å². The van der Waals surface area contributed by atoms with Crippen LogP contribution >= 0.6 is 0 Å². The van der Waals surface area contributed by atoms with Gasteiger partial charge in [-0.25, -0.2) is 0 Å². The zero-order chi connectivity index (χ0) is 22.0. The first-order chi connectivity index (χ1) is 12.4. The number of benzene rings is 2. The van der Waals surface area contributed by atoms with Crippen LogP contribution in [0.2, 0.25) is 0 Å². The Morgan fingerprint density at radius 3 is 0.800 bits per heavy atom. The van der Waals surface area contributed by atoms with Crippen LogP contribution < -0.4 is 0 Å². The van der Waals surface area contributed by atoms with Crippen molar-refractivity contribution in [3.05, 3.63) is 70.8 Å². The van der Waals surface area contributed by atoms with Crippen LogP contribution in [0.4, 0.5) is 0 Å². The SMILES string of the molecule is C.C.CC(C)(C)c1ccc(C(C)(C)C)cc1.CC(C)(C)c1cccc(C(C)(C)C)c1. The molecular weight excluding hydrogens is 360 g/mol. The summed E-state index contributed by atoms with van der Waals surface area (Å²) in [5, 5.41) is 0. The molecule has 0 aliphatic heterocycles. The molecule has 2 aromatic carbocycles. The van der Waals surface area contributed by atoms with Crippen molar-refractivity contribution in [3.63, 3.8) is 0 Å². The standard InChI is InChI=1S/2C14H22.2CH4/c1-13(2,3)11-7-9-12(10-8-11)14(4,5)6;1-13(2,3)11-8-7-9-12(10-11)14(4,5)6;;/h2*7-10H,1-6H3;2*1H4. The molecule has 0 aromatic heterocycles. The van der Waals surface area contributed by atoms with Crippen molar-refractivity contribution in [1.82, 2.24) is 0 Å². The van der Waals surface area contributed by atoms with E-state index in [4.69, 9.17) is 0 Å². The largest absolute Gasteiger partial charge is 0.0776 e. The van der Waals surface area contributed by atoms with E-state index in [0.717, 1.165) is 0 Å². The Bertz CT molecular complexity index is 671. The van der Waals surface area contributed by atoms with Crippen molar-refractivity contribution in [1.29, 1.82) is 0 Å². The van der Waals surface area contributed by atoms with Gasteiger partial charge in [0.2, 0.25) is 0 Å². The molecule has 0 radical (unpaired) electrons. The highest BCUT2D eigenvalue weighted by Crippen LogP contribution is 2.28. The van der Waals surface area contributed by atoms with Gasteiger partial charge in [-0.1, -0.05) is 146 Å². The molecule has 0 heterocycles. The minimum Gasteiger partial charge on any atom is -0.0776 e. The van der Waals surface area contributed by atoms with Gasteiger partial charge >= 0.3 is 0 Å². The van der Waals surface area contributed by atoms with E-state index in [9.17, 15) is 0 Å². The van der Waals surface area contributed by atoms with E-state index in [2.05, 4.69) is 132 Å². The Hall–Kier alpha value is -1.56. The summed E-state index contributed by atoms with van der Waals surface area (Å²) >= 11 is 0. The first-order valence-corrected chi connectivity index (χ1v) is 10.6. The lowest BCUT2D eigenvalue weighted by atomic mass is 9.81. The summed E-state index contributed by atoms with van der Waals surface area (Å²) in [6.45, 7) is 27.0. The van der Waals surface area contributed by atoms with Gasteiger partial charge in [0.1, 0.15) is 0 Å². The Morgan fingerprint density at radius 1 is 0.367 bits per heavy atom. The maximum atomic E-state index is 2.33. The summed E-state index contributed by atoms with van der Waals surface area (Å²) in [6, 6.07) is 17.9. The minimum absolute atomic E-state index is 0. The number of hydrogen-bond acceptors (Lipinski definition) is 0. The van der Waals surface area contributed by atoms with Crippen molar-refractivity contribution in [2.24, 2.45) is 0 Å². The van der Waals surface area contributed by atoms with Gasteiger partial charge in [0.05, 0.1) is 0 Å².